The van der Waals surface area contributed by atoms with Gasteiger partial charge in [-0.3, -0.25) is 4.90 Å². The van der Waals surface area contributed by atoms with Crippen molar-refractivity contribution in [3.8, 4) is 0 Å². The second kappa shape index (κ2) is 6.91. The fourth-order valence-electron chi connectivity index (χ4n) is 3.48. The lowest BCUT2D eigenvalue weighted by atomic mass is 10.0. The fraction of sp³-hybridized carbons (Fsp3) is 0.667. The van der Waals surface area contributed by atoms with Gasteiger partial charge in [-0.15, -0.1) is 0 Å². The van der Waals surface area contributed by atoms with Gasteiger partial charge in [0.2, 0.25) is 0 Å². The predicted molar refractivity (Wildman–Crippen MR) is 86.6 cm³/mol. The Hall–Kier alpha value is -0.900. The van der Waals surface area contributed by atoms with Gasteiger partial charge in [-0.05, 0) is 43.9 Å². The van der Waals surface area contributed by atoms with Gasteiger partial charge >= 0.3 is 0 Å². The molecule has 1 aromatic carbocycles. The highest BCUT2D eigenvalue weighted by Crippen LogP contribution is 2.22. The van der Waals surface area contributed by atoms with Crippen LogP contribution >= 0.6 is 0 Å². The highest BCUT2D eigenvalue weighted by Gasteiger charge is 2.32. The molecule has 0 spiro atoms. The number of hydrogen-bond acceptors (Lipinski definition) is 3. The molecule has 0 aromatic heterocycles. The molecule has 2 fully saturated rings. The van der Waals surface area contributed by atoms with Crippen molar-refractivity contribution in [3.05, 3.63) is 35.4 Å². The van der Waals surface area contributed by atoms with Crippen LogP contribution in [0.25, 0.3) is 0 Å². The maximum absolute atomic E-state index is 6.01. The first kappa shape index (κ1) is 15.0. The predicted octanol–water partition coefficient (Wildman–Crippen LogP) is 2.76. The van der Waals surface area contributed by atoms with Crippen LogP contribution in [-0.4, -0.2) is 43.3 Å². The summed E-state index contributed by atoms with van der Waals surface area (Å²) in [4.78, 5) is 2.61. The molecular formula is C18H28N2O. The highest BCUT2D eigenvalue weighted by atomic mass is 16.5. The standard InChI is InChI=1S/C18H28N2O/c1-3-15-6-8-16(9-7-15)14(2)19-11-18-12-20-10-4-5-17(20)13-21-18/h6-9,14,17-19H,3-5,10-13H2,1-2H3. The summed E-state index contributed by atoms with van der Waals surface area (Å²) in [5.41, 5.74) is 2.77. The van der Waals surface area contributed by atoms with Crippen molar-refractivity contribution in [2.24, 2.45) is 0 Å². The molecule has 1 aromatic rings. The number of benzene rings is 1. The molecule has 3 heteroatoms. The van der Waals surface area contributed by atoms with Crippen molar-refractivity contribution in [1.82, 2.24) is 10.2 Å². The van der Waals surface area contributed by atoms with Crippen molar-refractivity contribution < 1.29 is 4.74 Å². The average Bonchev–Trinajstić information content (AvgIpc) is 3.00. The normalized spacial score (nSPS) is 27.5. The number of morpholine rings is 1. The number of hydrogen-bond donors (Lipinski definition) is 1. The van der Waals surface area contributed by atoms with Gasteiger partial charge < -0.3 is 10.1 Å². The number of ether oxygens (including phenoxy) is 1. The van der Waals surface area contributed by atoms with E-state index in [4.69, 9.17) is 4.74 Å². The molecule has 0 amide bonds. The van der Waals surface area contributed by atoms with E-state index in [0.717, 1.165) is 26.1 Å². The molecule has 0 radical (unpaired) electrons. The van der Waals surface area contributed by atoms with E-state index in [1.165, 1.54) is 30.5 Å². The molecule has 0 bridgehead atoms. The number of fused-ring (bicyclic) bond motifs is 1. The Kier molecular flexibility index (Phi) is 4.94. The third-order valence-electron chi connectivity index (χ3n) is 5.00. The smallest absolute Gasteiger partial charge is 0.0827 e. The monoisotopic (exact) mass is 288 g/mol. The van der Waals surface area contributed by atoms with Crippen LogP contribution in [0.5, 0.6) is 0 Å². The number of aryl methyl sites for hydroxylation is 1. The Morgan fingerprint density at radius 3 is 2.90 bits per heavy atom. The number of nitrogens with one attached hydrogen (secondary N) is 1. The summed E-state index contributed by atoms with van der Waals surface area (Å²) in [6, 6.07) is 10.0. The minimum atomic E-state index is 0.344. The van der Waals surface area contributed by atoms with Crippen molar-refractivity contribution in [3.63, 3.8) is 0 Å². The minimum Gasteiger partial charge on any atom is -0.374 e. The summed E-state index contributed by atoms with van der Waals surface area (Å²) in [6.45, 7) is 8.66. The van der Waals surface area contributed by atoms with Gasteiger partial charge in [-0.25, -0.2) is 0 Å². The molecule has 3 unspecified atom stereocenters. The summed E-state index contributed by atoms with van der Waals surface area (Å²) in [5, 5.41) is 3.63. The second-order valence-corrected chi connectivity index (χ2v) is 6.47. The molecule has 2 saturated heterocycles. The van der Waals surface area contributed by atoms with Gasteiger partial charge in [0.25, 0.3) is 0 Å². The Labute approximate surface area is 128 Å². The van der Waals surface area contributed by atoms with Crippen molar-refractivity contribution in [2.75, 3.05) is 26.2 Å². The third-order valence-corrected chi connectivity index (χ3v) is 5.00. The summed E-state index contributed by atoms with van der Waals surface area (Å²) in [6.07, 6.45) is 4.11. The largest absolute Gasteiger partial charge is 0.374 e. The molecule has 0 saturated carbocycles. The molecule has 2 aliphatic heterocycles. The van der Waals surface area contributed by atoms with Gasteiger partial charge in [-0.2, -0.15) is 0 Å². The molecule has 3 nitrogen and oxygen atoms in total. The van der Waals surface area contributed by atoms with Gasteiger partial charge in [0.1, 0.15) is 0 Å². The summed E-state index contributed by atoms with van der Waals surface area (Å²) in [5.74, 6) is 0. The van der Waals surface area contributed by atoms with Crippen LogP contribution in [0, 0.1) is 0 Å². The molecule has 116 valence electrons. The Balaban J connectivity index is 1.47. The Bertz CT molecular complexity index is 445. The molecule has 2 aliphatic rings. The summed E-state index contributed by atoms with van der Waals surface area (Å²) in [7, 11) is 0. The second-order valence-electron chi connectivity index (χ2n) is 6.47. The van der Waals surface area contributed by atoms with E-state index in [9.17, 15) is 0 Å². The quantitative estimate of drug-likeness (QED) is 0.901. The van der Waals surface area contributed by atoms with Crippen LogP contribution in [-0.2, 0) is 11.2 Å². The van der Waals surface area contributed by atoms with Gasteiger partial charge in [0.15, 0.2) is 0 Å². The van der Waals surface area contributed by atoms with Crippen molar-refractivity contribution >= 4 is 0 Å². The SMILES string of the molecule is CCc1ccc(C(C)NCC2CN3CCCC3CO2)cc1. The van der Waals surface area contributed by atoms with E-state index < -0.39 is 0 Å². The molecule has 21 heavy (non-hydrogen) atoms. The number of nitrogens with zero attached hydrogens (tertiary/aromatic N) is 1. The zero-order chi connectivity index (χ0) is 14.7. The van der Waals surface area contributed by atoms with Crippen LogP contribution in [0.2, 0.25) is 0 Å². The molecule has 0 aliphatic carbocycles. The van der Waals surface area contributed by atoms with Crippen LogP contribution in [0.3, 0.4) is 0 Å². The summed E-state index contributed by atoms with van der Waals surface area (Å²) < 4.78 is 6.01. The van der Waals surface area contributed by atoms with E-state index in [1.54, 1.807) is 0 Å². The summed E-state index contributed by atoms with van der Waals surface area (Å²) >= 11 is 0. The molecule has 3 atom stereocenters. The zero-order valence-corrected chi connectivity index (χ0v) is 13.3. The first-order valence-electron chi connectivity index (χ1n) is 8.44. The van der Waals surface area contributed by atoms with Crippen molar-refractivity contribution in [1.29, 1.82) is 0 Å². The molecule has 3 rings (SSSR count). The zero-order valence-electron chi connectivity index (χ0n) is 13.3. The fourth-order valence-corrected chi connectivity index (χ4v) is 3.48. The van der Waals surface area contributed by atoms with Crippen LogP contribution in [0.4, 0.5) is 0 Å². The van der Waals surface area contributed by atoms with E-state index in [0.29, 0.717) is 18.2 Å². The lowest BCUT2D eigenvalue weighted by Crippen LogP contribution is -2.49. The van der Waals surface area contributed by atoms with Crippen LogP contribution in [0.1, 0.15) is 43.9 Å². The van der Waals surface area contributed by atoms with E-state index in [-0.39, 0.29) is 0 Å². The maximum Gasteiger partial charge on any atom is 0.0827 e. The first-order chi connectivity index (χ1) is 10.3. The lowest BCUT2D eigenvalue weighted by molar-refractivity contribution is -0.0477. The highest BCUT2D eigenvalue weighted by molar-refractivity contribution is 5.24. The first-order valence-corrected chi connectivity index (χ1v) is 8.44. The number of rotatable bonds is 5. The van der Waals surface area contributed by atoms with Crippen LogP contribution in [0.15, 0.2) is 24.3 Å². The topological polar surface area (TPSA) is 24.5 Å². The van der Waals surface area contributed by atoms with Crippen LogP contribution < -0.4 is 5.32 Å². The minimum absolute atomic E-state index is 0.344. The van der Waals surface area contributed by atoms with Crippen molar-refractivity contribution in [2.45, 2.75) is 51.3 Å². The van der Waals surface area contributed by atoms with Gasteiger partial charge in [0, 0.05) is 25.2 Å². The average molecular weight is 288 g/mol. The third kappa shape index (κ3) is 3.65. The van der Waals surface area contributed by atoms with E-state index in [2.05, 4.69) is 48.3 Å². The van der Waals surface area contributed by atoms with E-state index >= 15 is 0 Å². The van der Waals surface area contributed by atoms with Gasteiger partial charge in [0.05, 0.1) is 12.7 Å². The van der Waals surface area contributed by atoms with Gasteiger partial charge in [-0.1, -0.05) is 31.2 Å². The maximum atomic E-state index is 6.01. The molecular weight excluding hydrogens is 260 g/mol. The lowest BCUT2D eigenvalue weighted by Gasteiger charge is -2.35. The molecule has 1 N–H and O–H groups in total. The van der Waals surface area contributed by atoms with E-state index in [1.807, 2.05) is 0 Å². The Morgan fingerprint density at radius 2 is 2.14 bits per heavy atom. The molecule has 2 heterocycles. The Morgan fingerprint density at radius 1 is 1.33 bits per heavy atom.